The average Bonchev–Trinajstić information content (AvgIpc) is 2.84. The largest absolute Gasteiger partial charge is 0.302 e. The predicted molar refractivity (Wildman–Crippen MR) is 77.7 cm³/mol. The molecule has 110 valence electrons. The summed E-state index contributed by atoms with van der Waals surface area (Å²) in [5.74, 6) is 0.191. The Balaban J connectivity index is 2.34. The van der Waals surface area contributed by atoms with Gasteiger partial charge < -0.3 is 4.79 Å². The fourth-order valence-electron chi connectivity index (χ4n) is 2.59. The summed E-state index contributed by atoms with van der Waals surface area (Å²) in [5, 5.41) is 0. The van der Waals surface area contributed by atoms with Crippen LogP contribution in [-0.2, 0) is 14.8 Å². The van der Waals surface area contributed by atoms with Crippen LogP contribution in [-0.4, -0.2) is 31.6 Å². The molecule has 1 saturated heterocycles. The molecule has 1 fully saturated rings. The lowest BCUT2D eigenvalue weighted by Gasteiger charge is -2.26. The fourth-order valence-corrected chi connectivity index (χ4v) is 4.23. The smallest absolute Gasteiger partial charge is 0.243 e. The van der Waals surface area contributed by atoms with E-state index in [2.05, 4.69) is 20.8 Å². The molecule has 1 aromatic carbocycles. The van der Waals surface area contributed by atoms with Crippen LogP contribution in [0, 0.1) is 11.3 Å². The Kier molecular flexibility index (Phi) is 4.02. The van der Waals surface area contributed by atoms with Crippen molar-refractivity contribution < 1.29 is 13.2 Å². The maximum atomic E-state index is 12.6. The first kappa shape index (κ1) is 15.2. The van der Waals surface area contributed by atoms with E-state index in [1.54, 1.807) is 30.3 Å². The summed E-state index contributed by atoms with van der Waals surface area (Å²) in [6.07, 6.45) is 1.35. The highest BCUT2D eigenvalue weighted by atomic mass is 32.2. The van der Waals surface area contributed by atoms with Crippen molar-refractivity contribution in [2.45, 2.75) is 38.1 Å². The van der Waals surface area contributed by atoms with Gasteiger partial charge in [0.25, 0.3) is 0 Å². The van der Waals surface area contributed by atoms with Crippen molar-refractivity contribution in [1.29, 1.82) is 0 Å². The number of hydrogen-bond acceptors (Lipinski definition) is 3. The normalized spacial score (nSPS) is 24.8. The Bertz CT molecular complexity index is 575. The topological polar surface area (TPSA) is 54.5 Å². The summed E-state index contributed by atoms with van der Waals surface area (Å²) in [7, 11) is -3.59. The highest BCUT2D eigenvalue weighted by Crippen LogP contribution is 2.38. The minimum atomic E-state index is -3.59. The molecule has 5 heteroatoms. The molecule has 1 aliphatic rings. The van der Waals surface area contributed by atoms with Crippen LogP contribution in [0.2, 0.25) is 0 Å². The number of benzene rings is 1. The van der Waals surface area contributed by atoms with Crippen LogP contribution < -0.4 is 0 Å². The van der Waals surface area contributed by atoms with Gasteiger partial charge in [0.15, 0.2) is 0 Å². The predicted octanol–water partition coefficient (Wildman–Crippen LogP) is 2.31. The van der Waals surface area contributed by atoms with Crippen LogP contribution in [0.3, 0.4) is 0 Å². The average molecular weight is 295 g/mol. The second kappa shape index (κ2) is 5.30. The molecule has 1 aliphatic heterocycles. The summed E-state index contributed by atoms with van der Waals surface area (Å²) >= 11 is 0. The SMILES string of the molecule is CC(C)(C)C1C[C@H](C=O)N(S(=O)(=O)c2ccccc2)C1. The summed E-state index contributed by atoms with van der Waals surface area (Å²) in [5.41, 5.74) is -0.0117. The van der Waals surface area contributed by atoms with Crippen molar-refractivity contribution in [1.82, 2.24) is 4.31 Å². The zero-order valence-electron chi connectivity index (χ0n) is 12.1. The van der Waals surface area contributed by atoms with E-state index in [4.69, 9.17) is 0 Å². The van der Waals surface area contributed by atoms with Crippen molar-refractivity contribution >= 4 is 16.3 Å². The molecule has 0 saturated carbocycles. The third-order valence-electron chi connectivity index (χ3n) is 4.03. The zero-order chi connectivity index (χ0) is 15.0. The number of nitrogens with zero attached hydrogens (tertiary/aromatic N) is 1. The summed E-state index contributed by atoms with van der Waals surface area (Å²) in [6, 6.07) is 7.76. The van der Waals surface area contributed by atoms with Crippen LogP contribution in [0.5, 0.6) is 0 Å². The number of hydrogen-bond donors (Lipinski definition) is 0. The number of carbonyl (C=O) groups is 1. The minimum Gasteiger partial charge on any atom is -0.302 e. The quantitative estimate of drug-likeness (QED) is 0.804. The number of aldehydes is 1. The van der Waals surface area contributed by atoms with Crippen molar-refractivity contribution in [3.63, 3.8) is 0 Å². The van der Waals surface area contributed by atoms with Gasteiger partial charge in [-0.2, -0.15) is 4.31 Å². The monoisotopic (exact) mass is 295 g/mol. The fraction of sp³-hybridized carbons (Fsp3) is 0.533. The lowest BCUT2D eigenvalue weighted by atomic mass is 9.79. The van der Waals surface area contributed by atoms with Crippen molar-refractivity contribution in [2.75, 3.05) is 6.54 Å². The van der Waals surface area contributed by atoms with Gasteiger partial charge >= 0.3 is 0 Å². The number of rotatable bonds is 3. The first-order valence-electron chi connectivity index (χ1n) is 6.79. The van der Waals surface area contributed by atoms with E-state index < -0.39 is 16.1 Å². The molecular formula is C15H21NO3S. The van der Waals surface area contributed by atoms with Gasteiger partial charge in [-0.25, -0.2) is 8.42 Å². The molecule has 2 rings (SSSR count). The summed E-state index contributed by atoms with van der Waals surface area (Å²) in [6.45, 7) is 6.65. The molecule has 20 heavy (non-hydrogen) atoms. The highest BCUT2D eigenvalue weighted by molar-refractivity contribution is 7.89. The van der Waals surface area contributed by atoms with E-state index in [1.165, 1.54) is 4.31 Å². The number of sulfonamides is 1. The molecule has 0 bridgehead atoms. The van der Waals surface area contributed by atoms with Crippen molar-refractivity contribution in [3.8, 4) is 0 Å². The molecule has 0 N–H and O–H groups in total. The molecule has 1 aromatic rings. The maximum Gasteiger partial charge on any atom is 0.243 e. The third kappa shape index (κ3) is 2.79. The van der Waals surface area contributed by atoms with Gasteiger partial charge in [0.05, 0.1) is 10.9 Å². The van der Waals surface area contributed by atoms with Crippen LogP contribution in [0.4, 0.5) is 0 Å². The van der Waals surface area contributed by atoms with E-state index in [0.29, 0.717) is 13.0 Å². The molecule has 0 aromatic heterocycles. The molecule has 2 atom stereocenters. The van der Waals surface area contributed by atoms with Crippen LogP contribution in [0.1, 0.15) is 27.2 Å². The second-order valence-corrected chi connectivity index (χ2v) is 8.28. The van der Waals surface area contributed by atoms with E-state index in [0.717, 1.165) is 6.29 Å². The second-order valence-electron chi connectivity index (χ2n) is 6.39. The van der Waals surface area contributed by atoms with Crippen molar-refractivity contribution in [3.05, 3.63) is 30.3 Å². The number of carbonyl (C=O) groups excluding carboxylic acids is 1. The Hall–Kier alpha value is -1.20. The zero-order valence-corrected chi connectivity index (χ0v) is 12.9. The molecule has 0 aliphatic carbocycles. The Labute approximate surface area is 120 Å². The molecule has 0 spiro atoms. The lowest BCUT2D eigenvalue weighted by Crippen LogP contribution is -2.37. The van der Waals surface area contributed by atoms with Gasteiger partial charge in [-0.3, -0.25) is 0 Å². The maximum absolute atomic E-state index is 12.6. The summed E-state index contributed by atoms with van der Waals surface area (Å²) < 4.78 is 26.6. The van der Waals surface area contributed by atoms with Gasteiger partial charge in [0.2, 0.25) is 10.0 Å². The van der Waals surface area contributed by atoms with Gasteiger partial charge in [0, 0.05) is 6.54 Å². The van der Waals surface area contributed by atoms with Gasteiger partial charge in [-0.05, 0) is 29.9 Å². The van der Waals surface area contributed by atoms with E-state index in [1.807, 2.05) is 0 Å². The molecule has 0 radical (unpaired) electrons. The summed E-state index contributed by atoms with van der Waals surface area (Å²) in [4.78, 5) is 11.5. The first-order valence-corrected chi connectivity index (χ1v) is 8.23. The Morgan fingerprint density at radius 3 is 2.30 bits per heavy atom. The first-order chi connectivity index (χ1) is 9.26. The standard InChI is InChI=1S/C15H21NO3S/c1-15(2,3)12-9-13(11-17)16(10-12)20(18,19)14-7-5-4-6-8-14/h4-8,11-13H,9-10H2,1-3H3/t12?,13-/m1/s1. The molecular weight excluding hydrogens is 274 g/mol. The minimum absolute atomic E-state index is 0.0117. The highest BCUT2D eigenvalue weighted by Gasteiger charge is 2.43. The van der Waals surface area contributed by atoms with E-state index in [9.17, 15) is 13.2 Å². The molecule has 4 nitrogen and oxygen atoms in total. The molecule has 1 unspecified atom stereocenters. The van der Waals surface area contributed by atoms with E-state index >= 15 is 0 Å². The molecule has 0 amide bonds. The Morgan fingerprint density at radius 2 is 1.80 bits per heavy atom. The van der Waals surface area contributed by atoms with Crippen molar-refractivity contribution in [2.24, 2.45) is 11.3 Å². The van der Waals surface area contributed by atoms with E-state index in [-0.39, 0.29) is 16.2 Å². The van der Waals surface area contributed by atoms with Gasteiger partial charge in [0.1, 0.15) is 6.29 Å². The Morgan fingerprint density at radius 1 is 1.20 bits per heavy atom. The third-order valence-corrected chi connectivity index (χ3v) is 5.93. The molecule has 1 heterocycles. The van der Waals surface area contributed by atoms with Crippen LogP contribution in [0.15, 0.2) is 35.2 Å². The van der Waals surface area contributed by atoms with Crippen LogP contribution in [0.25, 0.3) is 0 Å². The van der Waals surface area contributed by atoms with Crippen LogP contribution >= 0.6 is 0 Å². The lowest BCUT2D eigenvalue weighted by molar-refractivity contribution is -0.110. The van der Waals surface area contributed by atoms with Gasteiger partial charge in [-0.1, -0.05) is 39.0 Å². The van der Waals surface area contributed by atoms with Gasteiger partial charge in [-0.15, -0.1) is 0 Å².